The Labute approximate surface area is 169 Å². The van der Waals surface area contributed by atoms with Gasteiger partial charge in [-0.25, -0.2) is 9.37 Å². The molecule has 1 fully saturated rings. The van der Waals surface area contributed by atoms with Crippen LogP contribution in [0.5, 0.6) is 0 Å². The number of nitrogens with two attached hydrogens (primary N) is 1. The molecule has 7 heteroatoms. The maximum Gasteiger partial charge on any atom is 0.254 e. The van der Waals surface area contributed by atoms with E-state index in [0.717, 1.165) is 3.57 Å². The van der Waals surface area contributed by atoms with E-state index in [1.165, 1.54) is 0 Å². The van der Waals surface area contributed by atoms with Crippen molar-refractivity contribution in [3.8, 4) is 11.1 Å². The van der Waals surface area contributed by atoms with E-state index < -0.39 is 5.82 Å². The molecule has 0 atom stereocenters. The molecule has 5 nitrogen and oxygen atoms in total. The molecule has 1 aliphatic heterocycles. The molecule has 27 heavy (non-hydrogen) atoms. The number of hydrogen-bond donors (Lipinski definition) is 1. The second-order valence-electron chi connectivity index (χ2n) is 6.33. The molecule has 1 aliphatic rings. The van der Waals surface area contributed by atoms with Crippen LogP contribution in [0.4, 0.5) is 10.2 Å². The Morgan fingerprint density at radius 3 is 2.56 bits per heavy atom. The van der Waals surface area contributed by atoms with Gasteiger partial charge in [-0.2, -0.15) is 0 Å². The minimum atomic E-state index is -0.400. The van der Waals surface area contributed by atoms with Gasteiger partial charge in [-0.3, -0.25) is 4.79 Å². The SMILES string of the molecule is Nc1nc2ccc(I)cc2c(F)c1-c1ccc(C(=O)N2CCOCC2)cc1. The summed E-state index contributed by atoms with van der Waals surface area (Å²) >= 11 is 2.14. The molecule has 2 N–H and O–H groups in total. The molecule has 1 saturated heterocycles. The topological polar surface area (TPSA) is 68.5 Å². The van der Waals surface area contributed by atoms with Crippen LogP contribution in [0.25, 0.3) is 22.0 Å². The van der Waals surface area contributed by atoms with Crippen LogP contribution in [-0.2, 0) is 4.74 Å². The highest BCUT2D eigenvalue weighted by atomic mass is 127. The van der Waals surface area contributed by atoms with Gasteiger partial charge in [-0.15, -0.1) is 0 Å². The number of nitrogen functional groups attached to an aromatic ring is 1. The summed E-state index contributed by atoms with van der Waals surface area (Å²) in [6, 6.07) is 12.2. The first kappa shape index (κ1) is 18.1. The second kappa shape index (κ2) is 7.40. The lowest BCUT2D eigenvalue weighted by molar-refractivity contribution is 0.0303. The van der Waals surface area contributed by atoms with E-state index in [1.54, 1.807) is 41.3 Å². The first-order valence-corrected chi connectivity index (χ1v) is 9.64. The van der Waals surface area contributed by atoms with Crippen molar-refractivity contribution in [1.82, 2.24) is 9.88 Å². The van der Waals surface area contributed by atoms with Gasteiger partial charge < -0.3 is 15.4 Å². The Morgan fingerprint density at radius 1 is 1.15 bits per heavy atom. The fraction of sp³-hybridized carbons (Fsp3) is 0.200. The second-order valence-corrected chi connectivity index (χ2v) is 7.58. The third-order valence-electron chi connectivity index (χ3n) is 4.63. The fourth-order valence-corrected chi connectivity index (χ4v) is 3.71. The molecule has 1 aromatic heterocycles. The summed E-state index contributed by atoms with van der Waals surface area (Å²) in [6.07, 6.45) is 0. The maximum absolute atomic E-state index is 15.1. The van der Waals surface area contributed by atoms with Gasteiger partial charge in [0, 0.05) is 27.6 Å². The van der Waals surface area contributed by atoms with Crippen LogP contribution >= 0.6 is 22.6 Å². The van der Waals surface area contributed by atoms with Crippen LogP contribution in [0.1, 0.15) is 10.4 Å². The molecule has 1 amide bonds. The van der Waals surface area contributed by atoms with Gasteiger partial charge in [-0.1, -0.05) is 12.1 Å². The molecule has 2 heterocycles. The molecule has 0 radical (unpaired) electrons. The number of carbonyl (C=O) groups is 1. The number of rotatable bonds is 2. The molecular weight excluding hydrogens is 460 g/mol. The van der Waals surface area contributed by atoms with Crippen LogP contribution < -0.4 is 5.73 Å². The van der Waals surface area contributed by atoms with Gasteiger partial charge >= 0.3 is 0 Å². The lowest BCUT2D eigenvalue weighted by atomic mass is 10.0. The maximum atomic E-state index is 15.1. The number of ether oxygens (including phenoxy) is 1. The van der Waals surface area contributed by atoms with Crippen LogP contribution in [-0.4, -0.2) is 42.1 Å². The van der Waals surface area contributed by atoms with E-state index in [4.69, 9.17) is 10.5 Å². The fourth-order valence-electron chi connectivity index (χ4n) is 3.22. The van der Waals surface area contributed by atoms with Gasteiger partial charge in [0.15, 0.2) is 0 Å². The molecule has 2 aromatic carbocycles. The summed E-state index contributed by atoms with van der Waals surface area (Å²) in [5.41, 5.74) is 7.96. The van der Waals surface area contributed by atoms with Crippen molar-refractivity contribution in [2.75, 3.05) is 32.0 Å². The number of fused-ring (bicyclic) bond motifs is 1. The number of nitrogens with zero attached hydrogens (tertiary/aromatic N) is 2. The highest BCUT2D eigenvalue weighted by molar-refractivity contribution is 14.1. The first-order chi connectivity index (χ1) is 13.0. The van der Waals surface area contributed by atoms with Gasteiger partial charge in [0.1, 0.15) is 11.6 Å². The zero-order valence-electron chi connectivity index (χ0n) is 14.4. The Hall–Kier alpha value is -2.26. The van der Waals surface area contributed by atoms with Crippen LogP contribution in [0.15, 0.2) is 42.5 Å². The molecule has 0 aliphatic carbocycles. The third kappa shape index (κ3) is 3.49. The highest BCUT2D eigenvalue weighted by Gasteiger charge is 2.20. The molecule has 0 unspecified atom stereocenters. The monoisotopic (exact) mass is 477 g/mol. The number of hydrogen-bond acceptors (Lipinski definition) is 4. The smallest absolute Gasteiger partial charge is 0.254 e. The number of anilines is 1. The number of pyridine rings is 1. The lowest BCUT2D eigenvalue weighted by Gasteiger charge is -2.26. The average Bonchev–Trinajstić information content (AvgIpc) is 2.69. The predicted molar refractivity (Wildman–Crippen MR) is 111 cm³/mol. The number of aromatic nitrogens is 1. The third-order valence-corrected chi connectivity index (χ3v) is 5.30. The molecule has 0 saturated carbocycles. The highest BCUT2D eigenvalue weighted by Crippen LogP contribution is 2.33. The van der Waals surface area contributed by atoms with Gasteiger partial charge in [0.25, 0.3) is 5.91 Å². The zero-order valence-corrected chi connectivity index (χ0v) is 16.6. The van der Waals surface area contributed by atoms with Gasteiger partial charge in [-0.05, 0) is 58.5 Å². The molecule has 138 valence electrons. The number of morpholine rings is 1. The summed E-state index contributed by atoms with van der Waals surface area (Å²) in [7, 11) is 0. The van der Waals surface area contributed by atoms with Crippen molar-refractivity contribution in [3.05, 3.63) is 57.4 Å². The Bertz CT molecular complexity index is 1020. The Morgan fingerprint density at radius 2 is 1.85 bits per heavy atom. The van der Waals surface area contributed by atoms with Crippen LogP contribution in [0, 0.1) is 9.39 Å². The molecular formula is C20H17FIN3O2. The zero-order chi connectivity index (χ0) is 19.0. The predicted octanol–water partition coefficient (Wildman–Crippen LogP) is 3.70. The van der Waals surface area contributed by atoms with E-state index in [-0.39, 0.29) is 17.3 Å². The van der Waals surface area contributed by atoms with E-state index in [9.17, 15) is 4.79 Å². The van der Waals surface area contributed by atoms with Crippen molar-refractivity contribution >= 4 is 45.2 Å². The number of carbonyl (C=O) groups excluding carboxylic acids is 1. The van der Waals surface area contributed by atoms with Crippen molar-refractivity contribution < 1.29 is 13.9 Å². The van der Waals surface area contributed by atoms with Crippen molar-refractivity contribution in [3.63, 3.8) is 0 Å². The van der Waals surface area contributed by atoms with Crippen molar-refractivity contribution in [2.45, 2.75) is 0 Å². The van der Waals surface area contributed by atoms with E-state index in [0.29, 0.717) is 48.3 Å². The first-order valence-electron chi connectivity index (χ1n) is 8.56. The number of halogens is 2. The van der Waals surface area contributed by atoms with Gasteiger partial charge in [0.05, 0.1) is 24.3 Å². The normalized spacial score (nSPS) is 14.5. The van der Waals surface area contributed by atoms with E-state index in [2.05, 4.69) is 27.6 Å². The Kier molecular flexibility index (Phi) is 4.96. The number of amides is 1. The van der Waals surface area contributed by atoms with Crippen LogP contribution in [0.3, 0.4) is 0 Å². The summed E-state index contributed by atoms with van der Waals surface area (Å²) in [5.74, 6) is -0.318. The largest absolute Gasteiger partial charge is 0.383 e. The summed E-state index contributed by atoms with van der Waals surface area (Å²) in [4.78, 5) is 18.6. The minimum absolute atomic E-state index is 0.0514. The van der Waals surface area contributed by atoms with E-state index in [1.807, 2.05) is 6.07 Å². The molecule has 0 spiro atoms. The van der Waals surface area contributed by atoms with Crippen molar-refractivity contribution in [1.29, 1.82) is 0 Å². The Balaban J connectivity index is 1.70. The average molecular weight is 477 g/mol. The summed E-state index contributed by atoms with van der Waals surface area (Å²) in [5, 5.41) is 0.430. The summed E-state index contributed by atoms with van der Waals surface area (Å²) in [6.45, 7) is 2.25. The van der Waals surface area contributed by atoms with Crippen molar-refractivity contribution in [2.24, 2.45) is 0 Å². The van der Waals surface area contributed by atoms with E-state index >= 15 is 4.39 Å². The quantitative estimate of drug-likeness (QED) is 0.572. The molecule has 3 aromatic rings. The lowest BCUT2D eigenvalue weighted by Crippen LogP contribution is -2.40. The van der Waals surface area contributed by atoms with Crippen LogP contribution in [0.2, 0.25) is 0 Å². The molecule has 4 rings (SSSR count). The summed E-state index contributed by atoms with van der Waals surface area (Å²) < 4.78 is 21.3. The minimum Gasteiger partial charge on any atom is -0.383 e. The standard InChI is InChI=1S/C20H17FIN3O2/c21-18-15-11-14(22)5-6-16(15)24-19(23)17(18)12-1-3-13(4-2-12)20(26)25-7-9-27-10-8-25/h1-6,11H,7-10H2,(H2,23,24). The molecule has 0 bridgehead atoms. The van der Waals surface area contributed by atoms with Gasteiger partial charge in [0.2, 0.25) is 0 Å². The number of benzene rings is 2.